The average Bonchev–Trinajstić information content (AvgIpc) is 2.94. The minimum absolute atomic E-state index is 0.114. The normalized spacial score (nSPS) is 16.0. The first-order valence-corrected chi connectivity index (χ1v) is 6.18. The molecule has 2 heterocycles. The van der Waals surface area contributed by atoms with E-state index >= 15 is 0 Å². The van der Waals surface area contributed by atoms with Crippen LogP contribution in [0.4, 0.5) is 4.79 Å². The van der Waals surface area contributed by atoms with Gasteiger partial charge in [0.05, 0.1) is 19.5 Å². The minimum atomic E-state index is -0.547. The number of hydrogen-bond donors (Lipinski definition) is 2. The monoisotopic (exact) mass is 267 g/mol. The number of hydrogen-bond acceptors (Lipinski definition) is 5. The van der Waals surface area contributed by atoms with Gasteiger partial charge in [-0.3, -0.25) is 15.0 Å². The Balaban J connectivity index is 1.63. The Morgan fingerprint density at radius 2 is 2.11 bits per heavy atom. The van der Waals surface area contributed by atoms with E-state index in [-0.39, 0.29) is 5.76 Å². The summed E-state index contributed by atoms with van der Waals surface area (Å²) in [6.07, 6.45) is 1.38. The van der Waals surface area contributed by atoms with Crippen molar-refractivity contribution in [2.24, 2.45) is 0 Å². The lowest BCUT2D eigenvalue weighted by atomic mass is 10.4. The zero-order chi connectivity index (χ0) is 13.5. The van der Waals surface area contributed by atoms with Gasteiger partial charge in [-0.25, -0.2) is 4.79 Å². The van der Waals surface area contributed by atoms with Crippen LogP contribution in [0, 0.1) is 0 Å². The van der Waals surface area contributed by atoms with Crippen molar-refractivity contribution in [2.75, 3.05) is 39.4 Å². The van der Waals surface area contributed by atoms with Crippen LogP contribution < -0.4 is 10.6 Å². The molecule has 0 atom stereocenters. The van der Waals surface area contributed by atoms with Crippen LogP contribution >= 0.6 is 0 Å². The predicted molar refractivity (Wildman–Crippen MR) is 66.8 cm³/mol. The summed E-state index contributed by atoms with van der Waals surface area (Å²) >= 11 is 0. The number of morpholine rings is 1. The van der Waals surface area contributed by atoms with Gasteiger partial charge in [-0.15, -0.1) is 0 Å². The Kier molecular flexibility index (Phi) is 4.93. The molecule has 1 fully saturated rings. The molecule has 1 aromatic heterocycles. The van der Waals surface area contributed by atoms with Crippen LogP contribution in [-0.4, -0.2) is 56.2 Å². The maximum Gasteiger partial charge on any atom is 0.321 e. The fraction of sp³-hybridized carbons (Fsp3) is 0.500. The summed E-state index contributed by atoms with van der Waals surface area (Å²) in [5.74, 6) is -0.433. The molecule has 0 aromatic carbocycles. The number of urea groups is 1. The van der Waals surface area contributed by atoms with Gasteiger partial charge in [-0.2, -0.15) is 0 Å². The predicted octanol–water partition coefficient (Wildman–Crippen LogP) is 0.0512. The Morgan fingerprint density at radius 1 is 1.32 bits per heavy atom. The molecular formula is C12H17N3O4. The molecule has 0 unspecified atom stereocenters. The number of imide groups is 1. The lowest BCUT2D eigenvalue weighted by molar-refractivity contribution is 0.0387. The number of amides is 3. The third-order valence-electron chi connectivity index (χ3n) is 2.79. The van der Waals surface area contributed by atoms with Crippen molar-refractivity contribution >= 4 is 11.9 Å². The quantitative estimate of drug-likeness (QED) is 0.805. The Labute approximate surface area is 110 Å². The van der Waals surface area contributed by atoms with E-state index in [1.54, 1.807) is 6.07 Å². The van der Waals surface area contributed by atoms with E-state index in [4.69, 9.17) is 9.15 Å². The molecule has 7 heteroatoms. The number of carbonyl (C=O) groups is 2. The zero-order valence-corrected chi connectivity index (χ0v) is 10.6. The molecule has 1 saturated heterocycles. The molecule has 104 valence electrons. The van der Waals surface area contributed by atoms with Crippen molar-refractivity contribution in [1.82, 2.24) is 15.5 Å². The summed E-state index contributed by atoms with van der Waals surface area (Å²) in [5.41, 5.74) is 0. The first kappa shape index (κ1) is 13.6. The summed E-state index contributed by atoms with van der Waals surface area (Å²) in [6.45, 7) is 4.42. The second kappa shape index (κ2) is 6.91. The summed E-state index contributed by atoms with van der Waals surface area (Å²) in [5, 5.41) is 4.82. The van der Waals surface area contributed by atoms with Crippen LogP contribution in [0.15, 0.2) is 22.8 Å². The van der Waals surface area contributed by atoms with Crippen LogP contribution in [0.1, 0.15) is 10.6 Å². The van der Waals surface area contributed by atoms with E-state index in [1.165, 1.54) is 12.3 Å². The van der Waals surface area contributed by atoms with Gasteiger partial charge in [0.1, 0.15) is 0 Å². The Bertz CT molecular complexity index is 413. The van der Waals surface area contributed by atoms with Gasteiger partial charge in [-0.1, -0.05) is 0 Å². The van der Waals surface area contributed by atoms with Crippen molar-refractivity contribution in [3.8, 4) is 0 Å². The van der Waals surface area contributed by atoms with Crippen LogP contribution in [0.25, 0.3) is 0 Å². The van der Waals surface area contributed by atoms with Crippen molar-refractivity contribution in [3.05, 3.63) is 24.2 Å². The maximum absolute atomic E-state index is 11.5. The molecule has 1 aromatic rings. The van der Waals surface area contributed by atoms with Gasteiger partial charge in [0.25, 0.3) is 5.91 Å². The number of furan rings is 1. The summed E-state index contributed by atoms with van der Waals surface area (Å²) in [7, 11) is 0. The summed E-state index contributed by atoms with van der Waals surface area (Å²) in [4.78, 5) is 25.1. The molecule has 2 rings (SSSR count). The third kappa shape index (κ3) is 4.38. The van der Waals surface area contributed by atoms with E-state index in [0.29, 0.717) is 6.54 Å². The second-order valence-corrected chi connectivity index (χ2v) is 4.14. The van der Waals surface area contributed by atoms with Gasteiger partial charge < -0.3 is 14.5 Å². The Hall–Kier alpha value is -1.86. The van der Waals surface area contributed by atoms with Gasteiger partial charge in [0.15, 0.2) is 5.76 Å². The molecule has 2 N–H and O–H groups in total. The molecule has 19 heavy (non-hydrogen) atoms. The Morgan fingerprint density at radius 3 is 2.79 bits per heavy atom. The fourth-order valence-corrected chi connectivity index (χ4v) is 1.77. The standard InChI is InChI=1S/C12H17N3O4/c16-11(10-2-1-7-19-10)14-12(17)13-3-4-15-5-8-18-9-6-15/h1-2,7H,3-6,8-9H2,(H2,13,14,16,17). The largest absolute Gasteiger partial charge is 0.459 e. The molecule has 1 aliphatic rings. The molecule has 0 spiro atoms. The number of rotatable bonds is 4. The highest BCUT2D eigenvalue weighted by Crippen LogP contribution is 1.98. The number of nitrogens with zero attached hydrogens (tertiary/aromatic N) is 1. The van der Waals surface area contributed by atoms with Crippen LogP contribution in [0.3, 0.4) is 0 Å². The molecule has 1 aliphatic heterocycles. The smallest absolute Gasteiger partial charge is 0.321 e. The van der Waals surface area contributed by atoms with Gasteiger partial charge >= 0.3 is 6.03 Å². The molecule has 3 amide bonds. The fourth-order valence-electron chi connectivity index (χ4n) is 1.77. The zero-order valence-electron chi connectivity index (χ0n) is 10.6. The average molecular weight is 267 g/mol. The van der Waals surface area contributed by atoms with E-state index in [0.717, 1.165) is 32.8 Å². The number of carbonyl (C=O) groups excluding carboxylic acids is 2. The lowest BCUT2D eigenvalue weighted by Gasteiger charge is -2.26. The highest BCUT2D eigenvalue weighted by atomic mass is 16.5. The molecule has 7 nitrogen and oxygen atoms in total. The summed E-state index contributed by atoms with van der Waals surface area (Å²) in [6, 6.07) is 2.57. The second-order valence-electron chi connectivity index (χ2n) is 4.14. The summed E-state index contributed by atoms with van der Waals surface area (Å²) < 4.78 is 10.1. The van der Waals surface area contributed by atoms with E-state index in [2.05, 4.69) is 15.5 Å². The third-order valence-corrected chi connectivity index (χ3v) is 2.79. The SMILES string of the molecule is O=C(NCCN1CCOCC1)NC(=O)c1ccco1. The topological polar surface area (TPSA) is 83.8 Å². The van der Waals surface area contributed by atoms with Gasteiger partial charge in [0, 0.05) is 26.2 Å². The van der Waals surface area contributed by atoms with Crippen LogP contribution in [-0.2, 0) is 4.74 Å². The molecule has 0 radical (unpaired) electrons. The molecule has 0 aliphatic carbocycles. The molecular weight excluding hydrogens is 250 g/mol. The van der Waals surface area contributed by atoms with Gasteiger partial charge in [0.2, 0.25) is 0 Å². The van der Waals surface area contributed by atoms with Crippen molar-refractivity contribution in [1.29, 1.82) is 0 Å². The molecule has 0 saturated carbocycles. The van der Waals surface area contributed by atoms with Crippen molar-refractivity contribution in [2.45, 2.75) is 0 Å². The van der Waals surface area contributed by atoms with E-state index in [9.17, 15) is 9.59 Å². The van der Waals surface area contributed by atoms with Crippen LogP contribution in [0.5, 0.6) is 0 Å². The van der Waals surface area contributed by atoms with Crippen molar-refractivity contribution < 1.29 is 18.7 Å². The maximum atomic E-state index is 11.5. The molecule has 0 bridgehead atoms. The van der Waals surface area contributed by atoms with E-state index < -0.39 is 11.9 Å². The van der Waals surface area contributed by atoms with Gasteiger partial charge in [-0.05, 0) is 12.1 Å². The number of nitrogens with one attached hydrogen (secondary N) is 2. The minimum Gasteiger partial charge on any atom is -0.459 e. The van der Waals surface area contributed by atoms with Crippen molar-refractivity contribution in [3.63, 3.8) is 0 Å². The first-order chi connectivity index (χ1) is 9.25. The lowest BCUT2D eigenvalue weighted by Crippen LogP contribution is -2.45. The highest BCUT2D eigenvalue weighted by molar-refractivity contribution is 6.02. The van der Waals surface area contributed by atoms with Crippen LogP contribution in [0.2, 0.25) is 0 Å². The van der Waals surface area contributed by atoms with E-state index in [1.807, 2.05) is 0 Å². The first-order valence-electron chi connectivity index (χ1n) is 6.18. The highest BCUT2D eigenvalue weighted by Gasteiger charge is 2.13. The number of ether oxygens (including phenoxy) is 1.